The minimum Gasteiger partial charge on any atom is -0.497 e. The number of carbonyl (C=O) groups excluding carboxylic acids is 1. The Bertz CT molecular complexity index is 294. The first-order chi connectivity index (χ1) is 7.67. The van der Waals surface area contributed by atoms with Crippen LogP contribution >= 0.6 is 0 Å². The van der Waals surface area contributed by atoms with Gasteiger partial charge in [0, 0.05) is 6.07 Å². The predicted octanol–water partition coefficient (Wildman–Crippen LogP) is -0.263. The highest BCUT2D eigenvalue weighted by molar-refractivity contribution is 5.72. The van der Waals surface area contributed by atoms with Gasteiger partial charge < -0.3 is 9.47 Å². The van der Waals surface area contributed by atoms with Crippen molar-refractivity contribution in [3.05, 3.63) is 24.3 Å². The van der Waals surface area contributed by atoms with Gasteiger partial charge >= 0.3 is 6.03 Å². The lowest BCUT2D eigenvalue weighted by Gasteiger charge is -2.01. The third-order valence-electron chi connectivity index (χ3n) is 1.54. The van der Waals surface area contributed by atoms with Crippen molar-refractivity contribution in [2.24, 2.45) is 11.7 Å². The molecule has 16 heavy (non-hydrogen) atoms. The molecule has 1 rings (SSSR count). The lowest BCUT2D eigenvalue weighted by molar-refractivity contribution is 0.241. The number of hydrazine groups is 2. The molecule has 7 nitrogen and oxygen atoms in total. The van der Waals surface area contributed by atoms with Crippen LogP contribution < -0.4 is 32.0 Å². The maximum absolute atomic E-state index is 9.71. The van der Waals surface area contributed by atoms with Crippen LogP contribution in [0.3, 0.4) is 0 Å². The summed E-state index contributed by atoms with van der Waals surface area (Å²) in [5.74, 6) is 10.7. The standard InChI is InChI=1S/C8H10O2.CH6N4O/c1-9-7-4-3-5-8(6-7)10-2;2-4-1(6)5-3/h3-6H,1-2H3;2-3H2,(H2,4,5,6). The first-order valence-corrected chi connectivity index (χ1v) is 4.33. The SMILES string of the molecule is COc1cccc(OC)c1.NNC(=O)NN. The van der Waals surface area contributed by atoms with Gasteiger partial charge in [0.05, 0.1) is 14.2 Å². The summed E-state index contributed by atoms with van der Waals surface area (Å²) >= 11 is 0. The molecule has 0 aliphatic carbocycles. The fourth-order valence-corrected chi connectivity index (χ4v) is 0.770. The summed E-state index contributed by atoms with van der Waals surface area (Å²) in [6.45, 7) is 0. The summed E-state index contributed by atoms with van der Waals surface area (Å²) in [7, 11) is 3.27. The molecule has 0 bridgehead atoms. The van der Waals surface area contributed by atoms with Crippen molar-refractivity contribution in [3.8, 4) is 11.5 Å². The Morgan fingerprint density at radius 3 is 1.81 bits per heavy atom. The average molecular weight is 228 g/mol. The molecule has 0 fully saturated rings. The van der Waals surface area contributed by atoms with E-state index in [-0.39, 0.29) is 0 Å². The zero-order chi connectivity index (χ0) is 12.4. The number of rotatable bonds is 2. The Balaban J connectivity index is 0.000000325. The van der Waals surface area contributed by atoms with Crippen LogP contribution in [0.25, 0.3) is 0 Å². The van der Waals surface area contributed by atoms with Crippen molar-refractivity contribution in [1.82, 2.24) is 10.9 Å². The normalized spacial score (nSPS) is 8.25. The first kappa shape index (κ1) is 14.0. The van der Waals surface area contributed by atoms with E-state index in [0.29, 0.717) is 0 Å². The van der Waals surface area contributed by atoms with Gasteiger partial charge in [-0.1, -0.05) is 6.07 Å². The molecule has 0 aliphatic rings. The molecule has 0 heterocycles. The van der Waals surface area contributed by atoms with Crippen LogP contribution in [0.2, 0.25) is 0 Å². The van der Waals surface area contributed by atoms with E-state index in [1.807, 2.05) is 24.3 Å². The van der Waals surface area contributed by atoms with Crippen molar-refractivity contribution in [1.29, 1.82) is 0 Å². The number of methoxy groups -OCH3 is 2. The van der Waals surface area contributed by atoms with E-state index in [2.05, 4.69) is 11.7 Å². The highest BCUT2D eigenvalue weighted by Crippen LogP contribution is 2.17. The van der Waals surface area contributed by atoms with E-state index in [9.17, 15) is 4.79 Å². The van der Waals surface area contributed by atoms with Crippen molar-refractivity contribution in [2.45, 2.75) is 0 Å². The van der Waals surface area contributed by atoms with E-state index in [4.69, 9.17) is 9.47 Å². The van der Waals surface area contributed by atoms with E-state index in [0.717, 1.165) is 11.5 Å². The maximum atomic E-state index is 9.71. The zero-order valence-corrected chi connectivity index (χ0v) is 9.19. The number of nitrogens with one attached hydrogen (secondary N) is 2. The van der Waals surface area contributed by atoms with Gasteiger partial charge in [-0.3, -0.25) is 10.9 Å². The molecular formula is C9H16N4O3. The number of ether oxygens (including phenoxy) is 2. The average Bonchev–Trinajstić information content (AvgIpc) is 2.38. The molecule has 0 spiro atoms. The summed E-state index contributed by atoms with van der Waals surface area (Å²) in [5, 5.41) is 0. The molecule has 0 unspecified atom stereocenters. The van der Waals surface area contributed by atoms with Gasteiger partial charge in [-0.15, -0.1) is 0 Å². The fourth-order valence-electron chi connectivity index (χ4n) is 0.770. The first-order valence-electron chi connectivity index (χ1n) is 4.33. The van der Waals surface area contributed by atoms with E-state index in [1.54, 1.807) is 25.1 Å². The number of nitrogens with two attached hydrogens (primary N) is 2. The topological polar surface area (TPSA) is 112 Å². The van der Waals surface area contributed by atoms with Crippen molar-refractivity contribution in [2.75, 3.05) is 14.2 Å². The molecule has 90 valence electrons. The quantitative estimate of drug-likeness (QED) is 0.316. The summed E-state index contributed by atoms with van der Waals surface area (Å²) < 4.78 is 9.95. The van der Waals surface area contributed by atoms with Crippen LogP contribution in [0, 0.1) is 0 Å². The van der Waals surface area contributed by atoms with Gasteiger partial charge in [0.25, 0.3) is 0 Å². The molecule has 6 N–H and O–H groups in total. The Labute approximate surface area is 93.6 Å². The number of benzene rings is 1. The van der Waals surface area contributed by atoms with E-state index in [1.165, 1.54) is 0 Å². The minimum atomic E-state index is -0.602. The lowest BCUT2D eigenvalue weighted by Crippen LogP contribution is -2.43. The van der Waals surface area contributed by atoms with E-state index < -0.39 is 6.03 Å². The largest absolute Gasteiger partial charge is 0.497 e. The molecule has 1 aromatic rings. The van der Waals surface area contributed by atoms with Gasteiger partial charge in [-0.2, -0.15) is 0 Å². The number of carbonyl (C=O) groups is 1. The summed E-state index contributed by atoms with van der Waals surface area (Å²) in [6, 6.07) is 6.87. The Kier molecular flexibility index (Phi) is 7.29. The monoisotopic (exact) mass is 228 g/mol. The van der Waals surface area contributed by atoms with Crippen LogP contribution in [0.4, 0.5) is 4.79 Å². The predicted molar refractivity (Wildman–Crippen MR) is 59.6 cm³/mol. The molecule has 0 saturated heterocycles. The van der Waals surface area contributed by atoms with Gasteiger partial charge in [0.2, 0.25) is 0 Å². The number of hydrogen-bond donors (Lipinski definition) is 4. The molecule has 2 amide bonds. The van der Waals surface area contributed by atoms with Crippen molar-refractivity contribution in [3.63, 3.8) is 0 Å². The molecule has 0 radical (unpaired) electrons. The highest BCUT2D eigenvalue weighted by Gasteiger charge is 1.91. The van der Waals surface area contributed by atoms with Gasteiger partial charge in [0.1, 0.15) is 11.5 Å². The lowest BCUT2D eigenvalue weighted by atomic mass is 10.3. The number of hydrogen-bond acceptors (Lipinski definition) is 5. The van der Waals surface area contributed by atoms with Crippen LogP contribution in [0.1, 0.15) is 0 Å². The second kappa shape index (κ2) is 8.33. The third-order valence-corrected chi connectivity index (χ3v) is 1.54. The molecule has 7 heteroatoms. The second-order valence-electron chi connectivity index (χ2n) is 2.50. The highest BCUT2D eigenvalue weighted by atomic mass is 16.5. The van der Waals surface area contributed by atoms with E-state index >= 15 is 0 Å². The van der Waals surface area contributed by atoms with Gasteiger partial charge in [0.15, 0.2) is 0 Å². The Morgan fingerprint density at radius 1 is 1.12 bits per heavy atom. The van der Waals surface area contributed by atoms with Crippen LogP contribution in [-0.4, -0.2) is 20.3 Å². The fraction of sp³-hybridized carbons (Fsp3) is 0.222. The summed E-state index contributed by atoms with van der Waals surface area (Å²) in [6.07, 6.45) is 0. The zero-order valence-electron chi connectivity index (χ0n) is 9.19. The molecule has 0 aliphatic heterocycles. The van der Waals surface area contributed by atoms with Crippen molar-refractivity contribution >= 4 is 6.03 Å². The Morgan fingerprint density at radius 2 is 1.56 bits per heavy atom. The maximum Gasteiger partial charge on any atom is 0.343 e. The third kappa shape index (κ3) is 5.68. The summed E-state index contributed by atoms with van der Waals surface area (Å²) in [5.41, 5.74) is 3.48. The molecular weight excluding hydrogens is 212 g/mol. The van der Waals surface area contributed by atoms with Crippen LogP contribution in [0.15, 0.2) is 24.3 Å². The van der Waals surface area contributed by atoms with Gasteiger partial charge in [-0.25, -0.2) is 16.5 Å². The smallest absolute Gasteiger partial charge is 0.343 e. The molecule has 1 aromatic carbocycles. The Hall–Kier alpha value is -1.99. The van der Waals surface area contributed by atoms with Crippen LogP contribution in [-0.2, 0) is 0 Å². The van der Waals surface area contributed by atoms with Crippen LogP contribution in [0.5, 0.6) is 11.5 Å². The second-order valence-corrected chi connectivity index (χ2v) is 2.50. The number of urea groups is 1. The minimum absolute atomic E-state index is 0.602. The molecule has 0 atom stereocenters. The molecule has 0 aromatic heterocycles. The molecule has 0 saturated carbocycles. The van der Waals surface area contributed by atoms with Crippen molar-refractivity contribution < 1.29 is 14.3 Å². The van der Waals surface area contributed by atoms with Gasteiger partial charge in [-0.05, 0) is 12.1 Å². The summed E-state index contributed by atoms with van der Waals surface area (Å²) in [4.78, 5) is 9.71. The number of amides is 2.